The van der Waals surface area contributed by atoms with Gasteiger partial charge in [0.1, 0.15) is 6.61 Å². The standard InChI is InChI=1S/C8H10F3NOS/c1-6-4-12-7(14-6)2-3-13-5-8(9,10)11/h4H,2-3,5H2,1H3. The van der Waals surface area contributed by atoms with Crippen molar-refractivity contribution >= 4 is 11.3 Å². The van der Waals surface area contributed by atoms with Crippen LogP contribution in [0.4, 0.5) is 13.2 Å². The van der Waals surface area contributed by atoms with Gasteiger partial charge in [0.15, 0.2) is 0 Å². The summed E-state index contributed by atoms with van der Waals surface area (Å²) < 4.78 is 39.4. The van der Waals surface area contributed by atoms with Crippen LogP contribution in [0.25, 0.3) is 0 Å². The Morgan fingerprint density at radius 3 is 2.71 bits per heavy atom. The highest BCUT2D eigenvalue weighted by atomic mass is 32.1. The molecular formula is C8H10F3NOS. The van der Waals surface area contributed by atoms with Gasteiger partial charge in [-0.2, -0.15) is 13.2 Å². The van der Waals surface area contributed by atoms with Crippen molar-refractivity contribution in [2.24, 2.45) is 0 Å². The molecular weight excluding hydrogens is 215 g/mol. The van der Waals surface area contributed by atoms with Crippen LogP contribution in [0.15, 0.2) is 6.20 Å². The second kappa shape index (κ2) is 4.75. The first kappa shape index (κ1) is 11.5. The highest BCUT2D eigenvalue weighted by Crippen LogP contribution is 2.15. The topological polar surface area (TPSA) is 22.1 Å². The molecule has 0 fully saturated rings. The average molecular weight is 225 g/mol. The predicted octanol–water partition coefficient (Wildman–Crippen LogP) is 2.57. The Kier molecular flexibility index (Phi) is 3.88. The molecule has 1 aromatic rings. The van der Waals surface area contributed by atoms with Gasteiger partial charge in [0.05, 0.1) is 11.6 Å². The van der Waals surface area contributed by atoms with Crippen LogP contribution >= 0.6 is 11.3 Å². The molecule has 0 aliphatic heterocycles. The summed E-state index contributed by atoms with van der Waals surface area (Å²) >= 11 is 1.47. The molecule has 0 saturated heterocycles. The van der Waals surface area contributed by atoms with E-state index in [-0.39, 0.29) is 6.61 Å². The van der Waals surface area contributed by atoms with E-state index in [1.54, 1.807) is 6.20 Å². The lowest BCUT2D eigenvalue weighted by atomic mass is 10.5. The predicted molar refractivity (Wildman–Crippen MR) is 47.4 cm³/mol. The van der Waals surface area contributed by atoms with Crippen molar-refractivity contribution in [2.75, 3.05) is 13.2 Å². The van der Waals surface area contributed by atoms with Gasteiger partial charge >= 0.3 is 6.18 Å². The second-order valence-corrected chi connectivity index (χ2v) is 4.10. The molecule has 6 heteroatoms. The Bertz CT molecular complexity index is 284. The number of hydrogen-bond donors (Lipinski definition) is 0. The largest absolute Gasteiger partial charge is 0.411 e. The summed E-state index contributed by atoms with van der Waals surface area (Å²) in [6.07, 6.45) is -2.10. The molecule has 0 aliphatic rings. The fourth-order valence-electron chi connectivity index (χ4n) is 0.864. The van der Waals surface area contributed by atoms with Crippen molar-refractivity contribution in [1.29, 1.82) is 0 Å². The van der Waals surface area contributed by atoms with Crippen LogP contribution in [0.2, 0.25) is 0 Å². The van der Waals surface area contributed by atoms with Gasteiger partial charge < -0.3 is 4.74 Å². The molecule has 2 nitrogen and oxygen atoms in total. The number of hydrogen-bond acceptors (Lipinski definition) is 3. The molecule has 0 amide bonds. The first-order valence-corrected chi connectivity index (χ1v) is 4.85. The van der Waals surface area contributed by atoms with Gasteiger partial charge in [0.25, 0.3) is 0 Å². The van der Waals surface area contributed by atoms with E-state index in [9.17, 15) is 13.2 Å². The molecule has 0 N–H and O–H groups in total. The van der Waals surface area contributed by atoms with E-state index in [0.29, 0.717) is 6.42 Å². The van der Waals surface area contributed by atoms with Crippen LogP contribution in [0.3, 0.4) is 0 Å². The van der Waals surface area contributed by atoms with Gasteiger partial charge in [-0.25, -0.2) is 4.98 Å². The molecule has 1 rings (SSSR count). The summed E-state index contributed by atoms with van der Waals surface area (Å²) in [5.41, 5.74) is 0. The van der Waals surface area contributed by atoms with Crippen LogP contribution in [-0.4, -0.2) is 24.4 Å². The van der Waals surface area contributed by atoms with E-state index in [0.717, 1.165) is 9.88 Å². The first-order chi connectivity index (χ1) is 6.47. The van der Waals surface area contributed by atoms with Crippen molar-refractivity contribution in [3.8, 4) is 0 Å². The summed E-state index contributed by atoms with van der Waals surface area (Å²) in [4.78, 5) is 5.06. The second-order valence-electron chi connectivity index (χ2n) is 2.78. The van der Waals surface area contributed by atoms with Crippen molar-refractivity contribution in [1.82, 2.24) is 4.98 Å². The Hall–Kier alpha value is -0.620. The zero-order chi connectivity index (χ0) is 10.6. The Labute approximate surface area is 83.7 Å². The molecule has 0 saturated carbocycles. The Balaban J connectivity index is 2.16. The quantitative estimate of drug-likeness (QED) is 0.735. The minimum absolute atomic E-state index is 0.0620. The lowest BCUT2D eigenvalue weighted by Crippen LogP contribution is -2.17. The summed E-state index contributed by atoms with van der Waals surface area (Å²) in [6.45, 7) is 0.779. The highest BCUT2D eigenvalue weighted by Gasteiger charge is 2.27. The molecule has 0 unspecified atom stereocenters. The number of aromatic nitrogens is 1. The number of aryl methyl sites for hydroxylation is 1. The zero-order valence-corrected chi connectivity index (χ0v) is 8.41. The lowest BCUT2D eigenvalue weighted by Gasteiger charge is -2.05. The highest BCUT2D eigenvalue weighted by molar-refractivity contribution is 7.11. The molecule has 80 valence electrons. The third kappa shape index (κ3) is 4.57. The van der Waals surface area contributed by atoms with Crippen molar-refractivity contribution in [2.45, 2.75) is 19.5 Å². The van der Waals surface area contributed by atoms with E-state index < -0.39 is 12.8 Å². The maximum absolute atomic E-state index is 11.6. The summed E-state index contributed by atoms with van der Waals surface area (Å²) in [7, 11) is 0. The Morgan fingerprint density at radius 1 is 1.50 bits per heavy atom. The number of alkyl halides is 3. The zero-order valence-electron chi connectivity index (χ0n) is 7.60. The first-order valence-electron chi connectivity index (χ1n) is 4.03. The van der Waals surface area contributed by atoms with Crippen molar-refractivity contribution in [3.63, 3.8) is 0 Å². The van der Waals surface area contributed by atoms with Crippen LogP contribution in [0.5, 0.6) is 0 Å². The number of halogens is 3. The summed E-state index contributed by atoms with van der Waals surface area (Å²) in [5, 5.41) is 0.810. The molecule has 0 aromatic carbocycles. The lowest BCUT2D eigenvalue weighted by molar-refractivity contribution is -0.173. The van der Waals surface area contributed by atoms with E-state index in [4.69, 9.17) is 0 Å². The van der Waals surface area contributed by atoms with E-state index in [2.05, 4.69) is 9.72 Å². The molecule has 0 atom stereocenters. The van der Waals surface area contributed by atoms with Crippen molar-refractivity contribution < 1.29 is 17.9 Å². The summed E-state index contributed by atoms with van der Waals surface area (Å²) in [5.74, 6) is 0. The molecule has 1 heterocycles. The van der Waals surface area contributed by atoms with Gasteiger partial charge in [-0.1, -0.05) is 0 Å². The summed E-state index contributed by atoms with van der Waals surface area (Å²) in [6, 6.07) is 0. The average Bonchev–Trinajstić information content (AvgIpc) is 2.44. The molecule has 0 bridgehead atoms. The van der Waals surface area contributed by atoms with Gasteiger partial charge in [0, 0.05) is 17.5 Å². The normalized spacial score (nSPS) is 12.0. The van der Waals surface area contributed by atoms with E-state index >= 15 is 0 Å². The third-order valence-corrected chi connectivity index (χ3v) is 2.37. The van der Waals surface area contributed by atoms with Crippen LogP contribution in [0, 0.1) is 6.92 Å². The molecule has 14 heavy (non-hydrogen) atoms. The third-order valence-electron chi connectivity index (χ3n) is 1.40. The minimum atomic E-state index is -4.24. The van der Waals surface area contributed by atoms with Gasteiger partial charge in [-0.15, -0.1) is 11.3 Å². The van der Waals surface area contributed by atoms with Gasteiger partial charge in [-0.05, 0) is 6.92 Å². The smallest absolute Gasteiger partial charge is 0.372 e. The number of thiazole rings is 1. The minimum Gasteiger partial charge on any atom is -0.372 e. The van der Waals surface area contributed by atoms with Gasteiger partial charge in [0.2, 0.25) is 0 Å². The molecule has 0 aliphatic carbocycles. The van der Waals surface area contributed by atoms with Crippen molar-refractivity contribution in [3.05, 3.63) is 16.1 Å². The molecule has 0 radical (unpaired) electrons. The van der Waals surface area contributed by atoms with Gasteiger partial charge in [-0.3, -0.25) is 0 Å². The number of nitrogens with zero attached hydrogens (tertiary/aromatic N) is 1. The fraction of sp³-hybridized carbons (Fsp3) is 0.625. The van der Waals surface area contributed by atoms with E-state index in [1.165, 1.54) is 11.3 Å². The maximum atomic E-state index is 11.6. The van der Waals surface area contributed by atoms with Crippen LogP contribution in [0.1, 0.15) is 9.88 Å². The molecule has 0 spiro atoms. The molecule has 1 aromatic heterocycles. The number of ether oxygens (including phenoxy) is 1. The fourth-order valence-corrected chi connectivity index (χ4v) is 1.63. The maximum Gasteiger partial charge on any atom is 0.411 e. The van der Waals surface area contributed by atoms with Crippen LogP contribution < -0.4 is 0 Å². The number of rotatable bonds is 4. The van der Waals surface area contributed by atoms with E-state index in [1.807, 2.05) is 6.92 Å². The monoisotopic (exact) mass is 225 g/mol. The SMILES string of the molecule is Cc1cnc(CCOCC(F)(F)F)s1. The Morgan fingerprint density at radius 2 is 2.21 bits per heavy atom. The van der Waals surface area contributed by atoms with Crippen LogP contribution in [-0.2, 0) is 11.2 Å².